The van der Waals surface area contributed by atoms with E-state index in [-0.39, 0.29) is 48.5 Å². The van der Waals surface area contributed by atoms with E-state index in [2.05, 4.69) is 243 Å². The molecule has 0 saturated heterocycles. The molecule has 8 aromatic rings. The molecule has 12 nitrogen and oxygen atoms in total. The van der Waals surface area contributed by atoms with Crippen molar-refractivity contribution in [2.45, 2.75) is 0 Å². The molecule has 0 heterocycles. The summed E-state index contributed by atoms with van der Waals surface area (Å²) in [4.78, 5) is 24.8. The summed E-state index contributed by atoms with van der Waals surface area (Å²) < 4.78 is 0. The molecule has 8 aromatic carbocycles. The van der Waals surface area contributed by atoms with Crippen LogP contribution in [-0.2, 0) is 16.8 Å². The van der Waals surface area contributed by atoms with E-state index in [0.29, 0.717) is 0 Å². The van der Waals surface area contributed by atoms with Gasteiger partial charge in [-0.1, -0.05) is 243 Å². The second kappa shape index (κ2) is 33.1. The van der Waals surface area contributed by atoms with Gasteiger partial charge in [-0.3, -0.25) is 0 Å². The average molecular weight is 1040 g/mol. The smallest absolute Gasteiger partial charge is 0.0689 e. The summed E-state index contributed by atoms with van der Waals surface area (Å²) in [7, 11) is -1.39. The first-order valence-electron chi connectivity index (χ1n) is 21.0. The number of rotatable bonds is 14. The molecule has 357 valence electrons. The molecule has 0 aromatic heterocycles. The topological polar surface area (TPSA) is 199 Å². The summed E-state index contributed by atoms with van der Waals surface area (Å²) in [5, 5.41) is 56.0. The van der Waals surface area contributed by atoms with Crippen LogP contribution in [0.2, 0.25) is 0 Å². The van der Waals surface area contributed by atoms with Crippen molar-refractivity contribution in [1.82, 2.24) is 0 Å². The van der Waals surface area contributed by atoms with Crippen LogP contribution in [0.1, 0.15) is 0 Å². The molecule has 0 aliphatic carbocycles. The molecule has 0 N–H and O–H groups in total. The van der Waals surface area contributed by atoms with Gasteiger partial charge in [-0.2, -0.15) is 0 Å². The van der Waals surface area contributed by atoms with Crippen molar-refractivity contribution in [2.75, 3.05) is 24.6 Å². The van der Waals surface area contributed by atoms with Crippen LogP contribution in [0.5, 0.6) is 0 Å². The van der Waals surface area contributed by atoms with E-state index in [0.717, 1.165) is 0 Å². The van der Waals surface area contributed by atoms with Gasteiger partial charge in [-0.05, 0) is 98.8 Å². The number of nitrogens with zero attached hydrogens (tertiary/aromatic N) is 3. The monoisotopic (exact) mass is 1040 g/mol. The number of hydrogen-bond donors (Lipinski definition) is 0. The Kier molecular flexibility index (Phi) is 27.3. The zero-order valence-electron chi connectivity index (χ0n) is 37.1. The van der Waals surface area contributed by atoms with Crippen molar-refractivity contribution in [3.8, 4) is 0 Å². The maximum Gasteiger partial charge on any atom is 0.0689 e. The predicted molar refractivity (Wildman–Crippen MR) is 287 cm³/mol. The minimum atomic E-state index is -1.75. The van der Waals surface area contributed by atoms with Gasteiger partial charge in [0.1, 0.15) is 0 Å². The summed E-state index contributed by atoms with van der Waals surface area (Å²) in [6.07, 6.45) is 4.83. The van der Waals surface area contributed by atoms with Crippen LogP contribution in [0.3, 0.4) is 0 Å². The zero-order valence-corrected chi connectivity index (χ0v) is 41.7. The van der Waals surface area contributed by atoms with Gasteiger partial charge in [0.05, 0.1) is 15.3 Å². The molecule has 0 bridgehead atoms. The molecule has 0 aliphatic rings. The molecule has 0 spiro atoms. The maximum atomic E-state index is 8.25. The molecule has 17 heteroatoms. The zero-order chi connectivity index (χ0) is 48.8. The van der Waals surface area contributed by atoms with E-state index in [1.54, 1.807) is 0 Å². The van der Waals surface area contributed by atoms with Gasteiger partial charge >= 0.3 is 0 Å². The van der Waals surface area contributed by atoms with Crippen molar-refractivity contribution in [3.05, 3.63) is 289 Å². The van der Waals surface area contributed by atoms with Crippen LogP contribution in [0.25, 0.3) is 0 Å². The fraction of sp³-hybridized carbons (Fsp3) is 0.0769. The number of hydrogen-bond acceptors (Lipinski definition) is 9. The third-order valence-corrected chi connectivity index (χ3v) is 20.4. The van der Waals surface area contributed by atoms with Crippen LogP contribution in [0, 0.1) is 46.0 Å². The van der Waals surface area contributed by atoms with Gasteiger partial charge in [0.2, 0.25) is 0 Å². The largest absolute Gasteiger partial charge is 0.356 e. The summed E-state index contributed by atoms with van der Waals surface area (Å²) in [6.45, 7) is 0. The van der Waals surface area contributed by atoms with Crippen molar-refractivity contribution in [2.24, 2.45) is 0 Å². The molecule has 1 radical (unpaired) electrons. The SMILES string of the molecule is O=[N+]([O-])[O-].O=[N+]([O-])[O-].O=[N+]([O-])[O-].[Co].c1ccc(P(CCP(c2ccccc2)c2ccccc2)c2ccccc2)cc1.c1ccc(P(CCP(c2ccccc2)c2ccccc2)c2ccccc2)cc1. The van der Waals surface area contributed by atoms with Gasteiger partial charge in [0, 0.05) is 16.8 Å². The minimum absolute atomic E-state index is 0. The van der Waals surface area contributed by atoms with Crippen molar-refractivity contribution in [1.29, 1.82) is 0 Å². The summed E-state index contributed by atoms with van der Waals surface area (Å²) >= 11 is 0. The van der Waals surface area contributed by atoms with E-state index in [9.17, 15) is 0 Å². The Hall–Kier alpha value is -6.41. The molecule has 0 fully saturated rings. The summed E-state index contributed by atoms with van der Waals surface area (Å²) in [5.74, 6) is 0. The normalized spacial score (nSPS) is 10.0. The molecule has 0 atom stereocenters. The van der Waals surface area contributed by atoms with Crippen molar-refractivity contribution >= 4 is 74.1 Å². The Morgan fingerprint density at radius 1 is 0.232 bits per heavy atom. The van der Waals surface area contributed by atoms with Gasteiger partial charge < -0.3 is 46.0 Å². The first kappa shape index (κ1) is 56.9. The van der Waals surface area contributed by atoms with E-state index in [1.807, 2.05) is 0 Å². The van der Waals surface area contributed by atoms with E-state index < -0.39 is 15.3 Å². The molecular weight excluding hydrogens is 993 g/mol. The molecule has 69 heavy (non-hydrogen) atoms. The Morgan fingerprint density at radius 3 is 0.406 bits per heavy atom. The van der Waals surface area contributed by atoms with Gasteiger partial charge in [0.25, 0.3) is 0 Å². The Morgan fingerprint density at radius 2 is 0.319 bits per heavy atom. The molecule has 0 aliphatic heterocycles. The second-order valence-corrected chi connectivity index (χ2v) is 23.3. The van der Waals surface area contributed by atoms with Crippen LogP contribution in [0.15, 0.2) is 243 Å². The molecule has 0 amide bonds. The van der Waals surface area contributed by atoms with Gasteiger partial charge in [-0.25, -0.2) is 0 Å². The van der Waals surface area contributed by atoms with Gasteiger partial charge in [-0.15, -0.1) is 0 Å². The molecular formula is C52H48CoN3O9P4-3. The summed E-state index contributed by atoms with van der Waals surface area (Å²) in [5.41, 5.74) is 0. The quantitative estimate of drug-likeness (QED) is 0.0578. The fourth-order valence-electron chi connectivity index (χ4n) is 6.89. The van der Waals surface area contributed by atoms with E-state index in [4.69, 9.17) is 46.0 Å². The Balaban J connectivity index is 0.000000293. The molecule has 0 saturated carbocycles. The summed E-state index contributed by atoms with van der Waals surface area (Å²) in [6, 6.07) is 88.4. The Bertz CT molecular complexity index is 2080. The minimum Gasteiger partial charge on any atom is -0.356 e. The number of benzene rings is 8. The molecule has 0 unspecified atom stereocenters. The van der Waals surface area contributed by atoms with E-state index >= 15 is 0 Å². The van der Waals surface area contributed by atoms with Crippen LogP contribution >= 0.6 is 31.7 Å². The first-order chi connectivity index (χ1) is 33.0. The maximum absolute atomic E-state index is 8.25. The van der Waals surface area contributed by atoms with Crippen LogP contribution < -0.4 is 42.4 Å². The molecule has 8 rings (SSSR count). The third-order valence-electron chi connectivity index (χ3n) is 9.64. The third kappa shape index (κ3) is 22.0. The second-order valence-electron chi connectivity index (χ2n) is 14.0. The van der Waals surface area contributed by atoms with Gasteiger partial charge in [0.15, 0.2) is 0 Å². The average Bonchev–Trinajstić information content (AvgIpc) is 3.36. The Labute approximate surface area is 417 Å². The van der Waals surface area contributed by atoms with Crippen LogP contribution in [-0.4, -0.2) is 39.9 Å². The fourth-order valence-corrected chi connectivity index (χ4v) is 17.6. The standard InChI is InChI=1S/2C26H24P2.Co.3NO3/c2*1-5-13-23(14-6-1)27(24-15-7-2-8-16-24)21-22-28(25-17-9-3-10-18-25)26-19-11-4-12-20-26;;3*2-1(3)4/h2*1-20H,21-22H2;;;;/q;;;3*-1. The van der Waals surface area contributed by atoms with E-state index in [1.165, 1.54) is 67.1 Å². The van der Waals surface area contributed by atoms with Crippen LogP contribution in [0.4, 0.5) is 0 Å². The van der Waals surface area contributed by atoms with Crippen molar-refractivity contribution in [3.63, 3.8) is 0 Å². The first-order valence-corrected chi connectivity index (χ1v) is 27.1. The predicted octanol–water partition coefficient (Wildman–Crippen LogP) is 9.78. The van der Waals surface area contributed by atoms with Crippen molar-refractivity contribution < 1.29 is 32.0 Å².